The molecule has 0 spiro atoms. The summed E-state index contributed by atoms with van der Waals surface area (Å²) < 4.78 is 1.90. The first-order chi connectivity index (χ1) is 12.5. The first-order valence-electron chi connectivity index (χ1n) is 9.54. The van der Waals surface area contributed by atoms with Crippen molar-refractivity contribution < 1.29 is 5.11 Å². The fourth-order valence-corrected chi connectivity index (χ4v) is 4.21. The van der Waals surface area contributed by atoms with E-state index >= 15 is 0 Å². The number of aromatic nitrogens is 3. The minimum absolute atomic E-state index is 0.282. The van der Waals surface area contributed by atoms with E-state index in [0.717, 1.165) is 31.0 Å². The van der Waals surface area contributed by atoms with Gasteiger partial charge in [0.15, 0.2) is 0 Å². The second kappa shape index (κ2) is 8.18. The third-order valence-electron chi connectivity index (χ3n) is 5.39. The molecule has 0 unspecified atom stereocenters. The second-order valence-electron chi connectivity index (χ2n) is 7.54. The van der Waals surface area contributed by atoms with Gasteiger partial charge in [0, 0.05) is 43.6 Å². The van der Waals surface area contributed by atoms with Crippen LogP contribution in [0, 0.1) is 12.8 Å². The smallest absolute Gasteiger partial charge is 0.138 e. The van der Waals surface area contributed by atoms with Gasteiger partial charge in [-0.05, 0) is 58.0 Å². The van der Waals surface area contributed by atoms with Gasteiger partial charge >= 0.3 is 0 Å². The van der Waals surface area contributed by atoms with Crippen LogP contribution in [0.4, 0.5) is 0 Å². The van der Waals surface area contributed by atoms with E-state index in [0.29, 0.717) is 18.5 Å². The van der Waals surface area contributed by atoms with E-state index in [1.54, 1.807) is 6.07 Å². The normalized spacial score (nSPS) is 21.4. The minimum Gasteiger partial charge on any atom is -0.506 e. The molecule has 3 rings (SSSR count). The lowest BCUT2D eigenvalue weighted by molar-refractivity contribution is 0.0745. The number of pyridine rings is 1. The Balaban J connectivity index is 1.74. The van der Waals surface area contributed by atoms with E-state index in [1.807, 2.05) is 30.9 Å². The molecule has 142 valence electrons. The molecule has 6 nitrogen and oxygen atoms in total. The molecule has 6 heteroatoms. The summed E-state index contributed by atoms with van der Waals surface area (Å²) in [6, 6.07) is 3.99. The number of nitrogens with zero attached hydrogens (tertiary/aromatic N) is 5. The maximum atomic E-state index is 10.1. The summed E-state index contributed by atoms with van der Waals surface area (Å²) in [4.78, 5) is 9.36. The summed E-state index contributed by atoms with van der Waals surface area (Å²) in [7, 11) is 4.10. The van der Waals surface area contributed by atoms with Crippen molar-refractivity contribution in [2.75, 3.05) is 26.7 Å². The van der Waals surface area contributed by atoms with Gasteiger partial charge in [0.05, 0.1) is 11.9 Å². The van der Waals surface area contributed by atoms with Crippen molar-refractivity contribution in [3.63, 3.8) is 0 Å². The van der Waals surface area contributed by atoms with Gasteiger partial charge in [-0.3, -0.25) is 14.6 Å². The predicted molar refractivity (Wildman–Crippen MR) is 103 cm³/mol. The zero-order valence-electron chi connectivity index (χ0n) is 16.4. The third kappa shape index (κ3) is 4.24. The highest BCUT2D eigenvalue weighted by Gasteiger charge is 2.33. The SMILES string of the molecule is CCN1CCC[C@@H](CN(C)Cc2nc(C)ccc2O)[C@@H]1c1cnn(C)c1. The number of hydrogen-bond donors (Lipinski definition) is 1. The van der Waals surface area contributed by atoms with E-state index in [-0.39, 0.29) is 5.75 Å². The number of aryl methyl sites for hydroxylation is 2. The monoisotopic (exact) mass is 357 g/mol. The summed E-state index contributed by atoms with van der Waals surface area (Å²) in [5.41, 5.74) is 3.01. The van der Waals surface area contributed by atoms with Crippen molar-refractivity contribution >= 4 is 0 Å². The van der Waals surface area contributed by atoms with E-state index < -0.39 is 0 Å². The molecular weight excluding hydrogens is 326 g/mol. The van der Waals surface area contributed by atoms with Crippen LogP contribution in [0.2, 0.25) is 0 Å². The molecule has 0 amide bonds. The Morgan fingerprint density at radius 1 is 1.35 bits per heavy atom. The van der Waals surface area contributed by atoms with Crippen molar-refractivity contribution in [3.8, 4) is 5.75 Å². The molecule has 1 aliphatic rings. The fraction of sp³-hybridized carbons (Fsp3) is 0.600. The van der Waals surface area contributed by atoms with Crippen molar-refractivity contribution in [2.24, 2.45) is 13.0 Å². The van der Waals surface area contributed by atoms with Crippen LogP contribution < -0.4 is 0 Å². The lowest BCUT2D eigenvalue weighted by Gasteiger charge is -2.42. The number of likely N-dealkylation sites (tertiary alicyclic amines) is 1. The Labute approximate surface area is 156 Å². The average molecular weight is 358 g/mol. The quantitative estimate of drug-likeness (QED) is 0.861. The molecular formula is C20H31N5O. The summed E-state index contributed by atoms with van der Waals surface area (Å²) in [5.74, 6) is 0.829. The number of hydrogen-bond acceptors (Lipinski definition) is 5. The van der Waals surface area contributed by atoms with E-state index in [2.05, 4.69) is 40.1 Å². The zero-order chi connectivity index (χ0) is 18.7. The van der Waals surface area contributed by atoms with Gasteiger partial charge in [-0.1, -0.05) is 6.92 Å². The molecule has 1 saturated heterocycles. The molecule has 0 bridgehead atoms. The van der Waals surface area contributed by atoms with Gasteiger partial charge in [-0.15, -0.1) is 0 Å². The Morgan fingerprint density at radius 2 is 2.15 bits per heavy atom. The van der Waals surface area contributed by atoms with Crippen molar-refractivity contribution in [1.82, 2.24) is 24.6 Å². The van der Waals surface area contributed by atoms with Crippen LogP contribution in [-0.4, -0.2) is 56.4 Å². The van der Waals surface area contributed by atoms with Crippen LogP contribution in [0.15, 0.2) is 24.5 Å². The molecule has 1 fully saturated rings. The number of piperidine rings is 1. The molecule has 1 aliphatic heterocycles. The predicted octanol–water partition coefficient (Wildman–Crippen LogP) is 2.73. The van der Waals surface area contributed by atoms with Gasteiger partial charge in [-0.25, -0.2) is 0 Å². The highest BCUT2D eigenvalue weighted by atomic mass is 16.3. The molecule has 2 aromatic rings. The largest absolute Gasteiger partial charge is 0.506 e. The Morgan fingerprint density at radius 3 is 2.85 bits per heavy atom. The summed E-state index contributed by atoms with van der Waals surface area (Å²) in [6.45, 7) is 8.04. The number of aromatic hydroxyl groups is 1. The van der Waals surface area contributed by atoms with Gasteiger partial charge in [0.2, 0.25) is 0 Å². The topological polar surface area (TPSA) is 57.4 Å². The molecule has 0 saturated carbocycles. The van der Waals surface area contributed by atoms with E-state index in [4.69, 9.17) is 0 Å². The summed E-state index contributed by atoms with van der Waals surface area (Å²) in [6.07, 6.45) is 6.61. The van der Waals surface area contributed by atoms with Crippen molar-refractivity contribution in [2.45, 2.75) is 39.3 Å². The number of rotatable bonds is 6. The fourth-order valence-electron chi connectivity index (χ4n) is 4.21. The van der Waals surface area contributed by atoms with Crippen molar-refractivity contribution in [3.05, 3.63) is 41.5 Å². The van der Waals surface area contributed by atoms with Crippen LogP contribution >= 0.6 is 0 Å². The lowest BCUT2D eigenvalue weighted by atomic mass is 9.85. The molecule has 0 radical (unpaired) electrons. The zero-order valence-corrected chi connectivity index (χ0v) is 16.4. The Bertz CT molecular complexity index is 729. The molecule has 26 heavy (non-hydrogen) atoms. The van der Waals surface area contributed by atoms with Gasteiger partial charge in [-0.2, -0.15) is 5.10 Å². The second-order valence-corrected chi connectivity index (χ2v) is 7.54. The van der Waals surface area contributed by atoms with E-state index in [1.165, 1.54) is 18.4 Å². The average Bonchev–Trinajstić information content (AvgIpc) is 3.03. The maximum absolute atomic E-state index is 10.1. The van der Waals surface area contributed by atoms with Gasteiger partial charge < -0.3 is 10.0 Å². The van der Waals surface area contributed by atoms with Crippen LogP contribution in [0.25, 0.3) is 0 Å². The third-order valence-corrected chi connectivity index (χ3v) is 5.39. The molecule has 1 N–H and O–H groups in total. The highest BCUT2D eigenvalue weighted by Crippen LogP contribution is 2.36. The molecule has 3 heterocycles. The lowest BCUT2D eigenvalue weighted by Crippen LogP contribution is -2.42. The Kier molecular flexibility index (Phi) is 5.94. The van der Waals surface area contributed by atoms with Crippen LogP contribution in [0.1, 0.15) is 42.8 Å². The van der Waals surface area contributed by atoms with Gasteiger partial charge in [0.25, 0.3) is 0 Å². The summed E-state index contributed by atoms with van der Waals surface area (Å²) >= 11 is 0. The highest BCUT2D eigenvalue weighted by molar-refractivity contribution is 5.27. The molecule has 0 aromatic carbocycles. The van der Waals surface area contributed by atoms with Crippen LogP contribution in [-0.2, 0) is 13.6 Å². The molecule has 0 aliphatic carbocycles. The van der Waals surface area contributed by atoms with Crippen LogP contribution in [0.5, 0.6) is 5.75 Å². The Hall–Kier alpha value is -1.92. The first-order valence-corrected chi connectivity index (χ1v) is 9.54. The first kappa shape index (κ1) is 18.9. The summed E-state index contributed by atoms with van der Waals surface area (Å²) in [5, 5.41) is 14.5. The van der Waals surface area contributed by atoms with E-state index in [9.17, 15) is 5.11 Å². The van der Waals surface area contributed by atoms with Gasteiger partial charge in [0.1, 0.15) is 5.75 Å². The van der Waals surface area contributed by atoms with Crippen molar-refractivity contribution in [1.29, 1.82) is 0 Å². The van der Waals surface area contributed by atoms with Crippen LogP contribution in [0.3, 0.4) is 0 Å². The molecule has 2 aromatic heterocycles. The molecule has 2 atom stereocenters. The standard InChI is InChI=1S/C20H31N5O/c1-5-25-10-6-7-16(20(25)17-11-21-24(4)13-17)12-23(3)14-18-19(26)9-8-15(2)22-18/h8-9,11,13,16,20,26H,5-7,10,12,14H2,1-4H3/t16-,20+/m0/s1. The maximum Gasteiger partial charge on any atom is 0.138 e. The minimum atomic E-state index is 0.282.